The zero-order valence-corrected chi connectivity index (χ0v) is 12.8. The molecule has 0 saturated carbocycles. The molecule has 1 aromatic heterocycles. The number of carbonyl (C=O) groups is 1. The number of benzene rings is 1. The first-order valence-electron chi connectivity index (χ1n) is 6.65. The maximum Gasteiger partial charge on any atom is 0.240 e. The molecule has 1 amide bonds. The van der Waals surface area contributed by atoms with Crippen LogP contribution in [0.1, 0.15) is 17.0 Å². The van der Waals surface area contributed by atoms with Crippen molar-refractivity contribution < 1.29 is 4.79 Å². The van der Waals surface area contributed by atoms with Crippen LogP contribution in [0.2, 0.25) is 5.02 Å². The van der Waals surface area contributed by atoms with Crippen LogP contribution in [-0.4, -0.2) is 10.5 Å². The van der Waals surface area contributed by atoms with Crippen LogP contribution in [0.4, 0.5) is 0 Å². The third kappa shape index (κ3) is 3.95. The lowest BCUT2D eigenvalue weighted by molar-refractivity contribution is -0.121. The van der Waals surface area contributed by atoms with Crippen molar-refractivity contribution >= 4 is 17.5 Å². The van der Waals surface area contributed by atoms with E-state index in [1.165, 1.54) is 12.1 Å². The number of nitrogens with one attached hydrogen (secondary N) is 1. The molecule has 2 rings (SSSR count). The molecule has 0 aliphatic heterocycles. The van der Waals surface area contributed by atoms with E-state index >= 15 is 0 Å². The fourth-order valence-electron chi connectivity index (χ4n) is 2.17. The predicted octanol–water partition coefficient (Wildman–Crippen LogP) is 2.43. The van der Waals surface area contributed by atoms with Gasteiger partial charge in [-0.1, -0.05) is 29.8 Å². The molecule has 4 nitrogen and oxygen atoms in total. The Morgan fingerprint density at radius 1 is 1.19 bits per heavy atom. The van der Waals surface area contributed by atoms with Crippen molar-refractivity contribution in [2.75, 3.05) is 0 Å². The lowest BCUT2D eigenvalue weighted by atomic mass is 10.2. The summed E-state index contributed by atoms with van der Waals surface area (Å²) in [5, 5.41) is 3.47. The Kier molecular flexibility index (Phi) is 4.81. The number of hydrogen-bond donors (Lipinski definition) is 1. The molecule has 0 atom stereocenters. The largest absolute Gasteiger partial charge is 0.350 e. The smallest absolute Gasteiger partial charge is 0.240 e. The predicted molar refractivity (Wildman–Crippen MR) is 83.5 cm³/mol. The van der Waals surface area contributed by atoms with Crippen molar-refractivity contribution in [1.29, 1.82) is 0 Å². The summed E-state index contributed by atoms with van der Waals surface area (Å²) in [5.41, 5.74) is 2.37. The molecule has 2 aromatic rings. The van der Waals surface area contributed by atoms with Crippen LogP contribution in [0.25, 0.3) is 0 Å². The second-order valence-corrected chi connectivity index (χ2v) is 5.34. The first-order valence-corrected chi connectivity index (χ1v) is 7.03. The van der Waals surface area contributed by atoms with Crippen molar-refractivity contribution in [2.45, 2.75) is 26.9 Å². The first-order chi connectivity index (χ1) is 9.97. The maximum atomic E-state index is 12.0. The van der Waals surface area contributed by atoms with Crippen LogP contribution in [0.5, 0.6) is 0 Å². The van der Waals surface area contributed by atoms with Gasteiger partial charge in [-0.25, -0.2) is 0 Å². The highest BCUT2D eigenvalue weighted by atomic mass is 35.5. The summed E-state index contributed by atoms with van der Waals surface area (Å²) < 4.78 is 1.81. The molecule has 0 spiro atoms. The van der Waals surface area contributed by atoms with Gasteiger partial charge in [0.15, 0.2) is 5.43 Å². The molecular weight excluding hydrogens is 288 g/mol. The van der Waals surface area contributed by atoms with E-state index in [4.69, 9.17) is 11.6 Å². The summed E-state index contributed by atoms with van der Waals surface area (Å²) in [5.74, 6) is -0.121. The van der Waals surface area contributed by atoms with Gasteiger partial charge < -0.3 is 9.88 Å². The minimum absolute atomic E-state index is 0.0438. The van der Waals surface area contributed by atoms with E-state index in [1.807, 2.05) is 36.6 Å². The Balaban J connectivity index is 2.03. The molecule has 0 bridgehead atoms. The van der Waals surface area contributed by atoms with Crippen molar-refractivity contribution in [3.8, 4) is 0 Å². The van der Waals surface area contributed by atoms with Gasteiger partial charge in [-0.05, 0) is 25.5 Å². The van der Waals surface area contributed by atoms with Crippen molar-refractivity contribution in [3.63, 3.8) is 0 Å². The van der Waals surface area contributed by atoms with E-state index in [1.54, 1.807) is 6.07 Å². The summed E-state index contributed by atoms with van der Waals surface area (Å²) in [4.78, 5) is 23.4. The lowest BCUT2D eigenvalue weighted by Gasteiger charge is -2.14. The Labute approximate surface area is 128 Å². The molecule has 1 N–H and O–H groups in total. The summed E-state index contributed by atoms with van der Waals surface area (Å²) in [6.07, 6.45) is 0. The molecule has 0 unspecified atom stereocenters. The van der Waals surface area contributed by atoms with Crippen molar-refractivity contribution in [2.24, 2.45) is 0 Å². The van der Waals surface area contributed by atoms with Crippen LogP contribution in [0.3, 0.4) is 0 Å². The normalized spacial score (nSPS) is 10.4. The highest BCUT2D eigenvalue weighted by molar-refractivity contribution is 6.31. The number of nitrogens with zero attached hydrogens (tertiary/aromatic N) is 1. The average Bonchev–Trinajstić information content (AvgIpc) is 2.42. The highest BCUT2D eigenvalue weighted by Gasteiger charge is 2.08. The third-order valence-electron chi connectivity index (χ3n) is 3.29. The summed E-state index contributed by atoms with van der Waals surface area (Å²) in [7, 11) is 0. The van der Waals surface area contributed by atoms with Gasteiger partial charge in [0, 0.05) is 35.1 Å². The molecule has 21 heavy (non-hydrogen) atoms. The summed E-state index contributed by atoms with van der Waals surface area (Å²) >= 11 is 6.04. The molecular formula is C16H17ClN2O2. The summed E-state index contributed by atoms with van der Waals surface area (Å²) in [6, 6.07) is 10.4. The van der Waals surface area contributed by atoms with E-state index in [0.717, 1.165) is 17.0 Å². The van der Waals surface area contributed by atoms with Crippen LogP contribution >= 0.6 is 11.6 Å². The van der Waals surface area contributed by atoms with E-state index < -0.39 is 0 Å². The van der Waals surface area contributed by atoms with Gasteiger partial charge in [-0.2, -0.15) is 0 Å². The first kappa shape index (κ1) is 15.3. The van der Waals surface area contributed by atoms with Gasteiger partial charge >= 0.3 is 0 Å². The van der Waals surface area contributed by atoms with Gasteiger partial charge in [0.05, 0.1) is 0 Å². The minimum Gasteiger partial charge on any atom is -0.350 e. The fourth-order valence-corrected chi connectivity index (χ4v) is 2.37. The molecule has 0 aliphatic carbocycles. The number of aryl methyl sites for hydroxylation is 2. The van der Waals surface area contributed by atoms with Gasteiger partial charge in [0.2, 0.25) is 5.91 Å². The number of carbonyl (C=O) groups excluding carboxylic acids is 1. The number of amides is 1. The zero-order valence-electron chi connectivity index (χ0n) is 12.0. The Morgan fingerprint density at radius 3 is 2.43 bits per heavy atom. The highest BCUT2D eigenvalue weighted by Crippen LogP contribution is 2.14. The monoisotopic (exact) mass is 304 g/mol. The molecule has 0 radical (unpaired) electrons. The Bertz CT molecular complexity index is 696. The van der Waals surface area contributed by atoms with Crippen LogP contribution in [0.15, 0.2) is 41.2 Å². The number of pyridine rings is 1. The maximum absolute atomic E-state index is 12.0. The van der Waals surface area contributed by atoms with E-state index in [9.17, 15) is 9.59 Å². The van der Waals surface area contributed by atoms with Crippen LogP contribution in [0, 0.1) is 13.8 Å². The Hall–Kier alpha value is -2.07. The van der Waals surface area contributed by atoms with Gasteiger partial charge in [0.25, 0.3) is 0 Å². The Morgan fingerprint density at radius 2 is 1.81 bits per heavy atom. The molecule has 1 heterocycles. The number of rotatable bonds is 4. The lowest BCUT2D eigenvalue weighted by Crippen LogP contribution is -2.29. The quantitative estimate of drug-likeness (QED) is 0.943. The zero-order chi connectivity index (χ0) is 15.4. The van der Waals surface area contributed by atoms with Crippen molar-refractivity contribution in [1.82, 2.24) is 9.88 Å². The standard InChI is InChI=1S/C16H17ClN2O2/c1-11-7-14(20)8-12(2)19(11)10-16(21)18-9-13-5-3-4-6-15(13)17/h3-8H,9-10H2,1-2H3,(H,18,21). The second kappa shape index (κ2) is 6.59. The average molecular weight is 305 g/mol. The molecule has 110 valence electrons. The fraction of sp³-hybridized carbons (Fsp3) is 0.250. The molecule has 0 fully saturated rings. The van der Waals surface area contributed by atoms with E-state index in [0.29, 0.717) is 11.6 Å². The minimum atomic E-state index is -0.121. The molecule has 0 aliphatic rings. The molecule has 5 heteroatoms. The van der Waals surface area contributed by atoms with E-state index in [2.05, 4.69) is 5.32 Å². The van der Waals surface area contributed by atoms with Crippen molar-refractivity contribution in [3.05, 3.63) is 68.6 Å². The molecule has 1 aromatic carbocycles. The molecule has 0 saturated heterocycles. The number of halogens is 1. The number of aromatic nitrogens is 1. The van der Waals surface area contributed by atoms with Gasteiger partial charge in [-0.15, -0.1) is 0 Å². The van der Waals surface area contributed by atoms with Gasteiger partial charge in [0.1, 0.15) is 6.54 Å². The van der Waals surface area contributed by atoms with Crippen LogP contribution < -0.4 is 10.7 Å². The van der Waals surface area contributed by atoms with Gasteiger partial charge in [-0.3, -0.25) is 9.59 Å². The third-order valence-corrected chi connectivity index (χ3v) is 3.66. The second-order valence-electron chi connectivity index (χ2n) is 4.93. The van der Waals surface area contributed by atoms with E-state index in [-0.39, 0.29) is 17.9 Å². The SMILES string of the molecule is Cc1cc(=O)cc(C)n1CC(=O)NCc1ccccc1Cl. The number of hydrogen-bond acceptors (Lipinski definition) is 2. The topological polar surface area (TPSA) is 51.1 Å². The summed E-state index contributed by atoms with van der Waals surface area (Å²) in [6.45, 7) is 4.20. The van der Waals surface area contributed by atoms with Crippen LogP contribution in [-0.2, 0) is 17.9 Å².